The van der Waals surface area contributed by atoms with Crippen LogP contribution in [0.3, 0.4) is 0 Å². The van der Waals surface area contributed by atoms with Gasteiger partial charge in [-0.15, -0.1) is 0 Å². The molecule has 4 heteroatoms. The monoisotopic (exact) mass is 226 g/mol. The lowest BCUT2D eigenvalue weighted by molar-refractivity contribution is 0.100. The van der Waals surface area contributed by atoms with Crippen molar-refractivity contribution in [2.24, 2.45) is 5.73 Å². The van der Waals surface area contributed by atoms with E-state index < -0.39 is 5.91 Å². The molecular formula is C13H10N2O2. The van der Waals surface area contributed by atoms with E-state index in [4.69, 9.17) is 5.73 Å². The zero-order chi connectivity index (χ0) is 12.0. The number of aromatic nitrogens is 1. The zero-order valence-corrected chi connectivity index (χ0v) is 8.92. The summed E-state index contributed by atoms with van der Waals surface area (Å²) in [6.07, 6.45) is 1.57. The maximum absolute atomic E-state index is 11.5. The fourth-order valence-electron chi connectivity index (χ4n) is 2.18. The largest absolute Gasteiger partial charge is 0.506 e. The van der Waals surface area contributed by atoms with E-state index in [1.165, 1.54) is 0 Å². The van der Waals surface area contributed by atoms with Crippen LogP contribution in [-0.2, 0) is 0 Å². The number of pyridine rings is 1. The molecule has 3 rings (SSSR count). The van der Waals surface area contributed by atoms with Gasteiger partial charge in [-0.3, -0.25) is 4.79 Å². The van der Waals surface area contributed by atoms with Gasteiger partial charge >= 0.3 is 0 Å². The number of hydrogen-bond donors (Lipinski definition) is 2. The lowest BCUT2D eigenvalue weighted by Gasteiger charge is -1.98. The van der Waals surface area contributed by atoms with Crippen LogP contribution < -0.4 is 5.73 Å². The molecule has 1 aromatic carbocycles. The fraction of sp³-hybridized carbons (Fsp3) is 0. The van der Waals surface area contributed by atoms with Gasteiger partial charge in [0.25, 0.3) is 5.91 Å². The van der Waals surface area contributed by atoms with Gasteiger partial charge in [0.05, 0.1) is 22.8 Å². The molecule has 3 aromatic rings. The highest BCUT2D eigenvalue weighted by Crippen LogP contribution is 2.27. The maximum Gasteiger partial charge on any atom is 0.251 e. The van der Waals surface area contributed by atoms with Crippen LogP contribution in [0.4, 0.5) is 0 Å². The van der Waals surface area contributed by atoms with Crippen molar-refractivity contribution in [3.8, 4) is 5.75 Å². The molecule has 1 amide bonds. The molecular weight excluding hydrogens is 216 g/mol. The summed E-state index contributed by atoms with van der Waals surface area (Å²) in [7, 11) is 0. The van der Waals surface area contributed by atoms with Gasteiger partial charge in [0.15, 0.2) is 0 Å². The van der Waals surface area contributed by atoms with Gasteiger partial charge < -0.3 is 15.2 Å². The number of nitrogens with two attached hydrogens (primary N) is 1. The molecule has 17 heavy (non-hydrogen) atoms. The number of carbonyl (C=O) groups excluding carboxylic acids is 1. The number of nitrogens with zero attached hydrogens (tertiary/aromatic N) is 1. The van der Waals surface area contributed by atoms with Crippen molar-refractivity contribution in [2.75, 3.05) is 0 Å². The number of carbonyl (C=O) groups is 1. The summed E-state index contributed by atoms with van der Waals surface area (Å²) in [4.78, 5) is 11.5. The molecule has 0 radical (unpaired) electrons. The van der Waals surface area contributed by atoms with Crippen molar-refractivity contribution in [3.05, 3.63) is 48.2 Å². The highest BCUT2D eigenvalue weighted by molar-refractivity contribution is 6.13. The van der Waals surface area contributed by atoms with Gasteiger partial charge in [-0.1, -0.05) is 18.2 Å². The zero-order valence-electron chi connectivity index (χ0n) is 8.92. The Bertz CT molecular complexity index is 744. The molecule has 0 saturated heterocycles. The molecule has 0 saturated carbocycles. The average molecular weight is 226 g/mol. The number of fused-ring (bicyclic) bond motifs is 3. The standard InChI is InChI=1S/C13H10N2O2/c14-13(17)12-9-3-1-2-4-10(9)15-7-8(16)5-6-11(12)15/h1-7,16H,(H2,14,17). The topological polar surface area (TPSA) is 67.7 Å². The molecule has 0 aliphatic carbocycles. The van der Waals surface area contributed by atoms with Gasteiger partial charge in [-0.25, -0.2) is 0 Å². The third kappa shape index (κ3) is 1.27. The Morgan fingerprint density at radius 1 is 1.12 bits per heavy atom. The first-order valence-electron chi connectivity index (χ1n) is 5.20. The molecule has 0 aliphatic heterocycles. The first-order valence-corrected chi connectivity index (χ1v) is 5.20. The Balaban J connectivity index is 2.62. The molecule has 0 spiro atoms. The molecule has 2 aromatic heterocycles. The summed E-state index contributed by atoms with van der Waals surface area (Å²) < 4.78 is 1.77. The molecule has 3 N–H and O–H groups in total. The predicted octanol–water partition coefficient (Wildman–Crippen LogP) is 1.90. The van der Waals surface area contributed by atoms with E-state index in [0.717, 1.165) is 10.9 Å². The minimum atomic E-state index is -0.464. The highest BCUT2D eigenvalue weighted by Gasteiger charge is 2.15. The van der Waals surface area contributed by atoms with Crippen LogP contribution in [-0.4, -0.2) is 15.4 Å². The Kier molecular flexibility index (Phi) is 1.86. The quantitative estimate of drug-likeness (QED) is 0.665. The van der Waals surface area contributed by atoms with Crippen molar-refractivity contribution < 1.29 is 9.90 Å². The minimum Gasteiger partial charge on any atom is -0.506 e. The molecule has 0 fully saturated rings. The molecule has 2 heterocycles. The SMILES string of the molecule is NC(=O)c1c2ccccc2n2cc(O)ccc12. The van der Waals surface area contributed by atoms with E-state index in [1.807, 2.05) is 24.3 Å². The minimum absolute atomic E-state index is 0.147. The van der Waals surface area contributed by atoms with Crippen LogP contribution in [0, 0.1) is 0 Å². The molecule has 84 valence electrons. The summed E-state index contributed by atoms with van der Waals surface area (Å²) in [5.41, 5.74) is 7.46. The van der Waals surface area contributed by atoms with Gasteiger partial charge in [0.1, 0.15) is 5.75 Å². The molecule has 4 nitrogen and oxygen atoms in total. The molecule has 0 aliphatic rings. The van der Waals surface area contributed by atoms with Crippen LogP contribution in [0.2, 0.25) is 0 Å². The molecule has 0 atom stereocenters. The number of para-hydroxylation sites is 1. The number of primary amides is 1. The van der Waals surface area contributed by atoms with Gasteiger partial charge in [0, 0.05) is 5.39 Å². The Hall–Kier alpha value is -2.49. The fourth-order valence-corrected chi connectivity index (χ4v) is 2.18. The number of aromatic hydroxyl groups is 1. The van der Waals surface area contributed by atoms with Crippen LogP contribution in [0.15, 0.2) is 42.6 Å². The average Bonchev–Trinajstić information content (AvgIpc) is 2.63. The van der Waals surface area contributed by atoms with Gasteiger partial charge in [-0.05, 0) is 18.2 Å². The third-order valence-corrected chi connectivity index (χ3v) is 2.87. The van der Waals surface area contributed by atoms with Crippen molar-refractivity contribution >= 4 is 22.3 Å². The van der Waals surface area contributed by atoms with E-state index in [9.17, 15) is 9.90 Å². The van der Waals surface area contributed by atoms with E-state index in [2.05, 4.69) is 0 Å². The predicted molar refractivity (Wildman–Crippen MR) is 65.1 cm³/mol. The normalized spacial score (nSPS) is 11.1. The van der Waals surface area contributed by atoms with Gasteiger partial charge in [-0.2, -0.15) is 0 Å². The second kappa shape index (κ2) is 3.25. The van der Waals surface area contributed by atoms with Gasteiger partial charge in [0.2, 0.25) is 0 Å². The number of rotatable bonds is 1. The maximum atomic E-state index is 11.5. The van der Waals surface area contributed by atoms with Crippen LogP contribution in [0.25, 0.3) is 16.4 Å². The van der Waals surface area contributed by atoms with Crippen molar-refractivity contribution in [3.63, 3.8) is 0 Å². The summed E-state index contributed by atoms with van der Waals surface area (Å²) in [6, 6.07) is 10.7. The lowest BCUT2D eigenvalue weighted by Crippen LogP contribution is -2.10. The molecule has 0 unspecified atom stereocenters. The Morgan fingerprint density at radius 3 is 2.65 bits per heavy atom. The lowest BCUT2D eigenvalue weighted by atomic mass is 10.1. The number of hydrogen-bond acceptors (Lipinski definition) is 2. The molecule has 0 bridgehead atoms. The third-order valence-electron chi connectivity index (χ3n) is 2.87. The number of amides is 1. The summed E-state index contributed by atoms with van der Waals surface area (Å²) in [5.74, 6) is -0.316. The summed E-state index contributed by atoms with van der Waals surface area (Å²) in [5, 5.41) is 10.3. The number of benzene rings is 1. The smallest absolute Gasteiger partial charge is 0.251 e. The first kappa shape index (κ1) is 9.72. The van der Waals surface area contributed by atoms with E-state index in [0.29, 0.717) is 11.1 Å². The Labute approximate surface area is 96.9 Å². The van der Waals surface area contributed by atoms with Crippen molar-refractivity contribution in [1.82, 2.24) is 4.40 Å². The van der Waals surface area contributed by atoms with E-state index >= 15 is 0 Å². The second-order valence-corrected chi connectivity index (χ2v) is 3.90. The first-order chi connectivity index (χ1) is 8.18. The van der Waals surface area contributed by atoms with Crippen LogP contribution in [0.1, 0.15) is 10.4 Å². The Morgan fingerprint density at radius 2 is 1.88 bits per heavy atom. The van der Waals surface area contributed by atoms with Crippen molar-refractivity contribution in [2.45, 2.75) is 0 Å². The van der Waals surface area contributed by atoms with E-state index in [1.54, 1.807) is 22.7 Å². The van der Waals surface area contributed by atoms with Crippen LogP contribution in [0.5, 0.6) is 5.75 Å². The second-order valence-electron chi connectivity index (χ2n) is 3.90. The summed E-state index contributed by atoms with van der Waals surface area (Å²) in [6.45, 7) is 0. The summed E-state index contributed by atoms with van der Waals surface area (Å²) >= 11 is 0. The highest BCUT2D eigenvalue weighted by atomic mass is 16.3. The van der Waals surface area contributed by atoms with Crippen molar-refractivity contribution in [1.29, 1.82) is 0 Å². The van der Waals surface area contributed by atoms with Crippen LogP contribution >= 0.6 is 0 Å². The van der Waals surface area contributed by atoms with E-state index in [-0.39, 0.29) is 5.75 Å².